The molecule has 0 bridgehead atoms. The Morgan fingerprint density at radius 2 is 1.94 bits per heavy atom. The van der Waals surface area contributed by atoms with Gasteiger partial charge in [0.1, 0.15) is 17.3 Å². The van der Waals surface area contributed by atoms with Crippen molar-refractivity contribution in [2.45, 2.75) is 13.5 Å². The first kappa shape index (κ1) is 21.9. The van der Waals surface area contributed by atoms with Crippen LogP contribution < -0.4 is 0 Å². The number of carboxylic acids is 1. The third-order valence-electron chi connectivity index (χ3n) is 4.98. The summed E-state index contributed by atoms with van der Waals surface area (Å²) < 4.78 is 19.8. The van der Waals surface area contributed by atoms with Crippen molar-refractivity contribution < 1.29 is 28.3 Å². The molecule has 32 heavy (non-hydrogen) atoms. The highest BCUT2D eigenvalue weighted by Gasteiger charge is 2.36. The quantitative estimate of drug-likeness (QED) is 0.460. The second kappa shape index (κ2) is 8.64. The summed E-state index contributed by atoms with van der Waals surface area (Å²) in [4.78, 5) is 37.5. The fraction of sp³-hybridized carbons (Fsp3) is 0.0870. The summed E-state index contributed by atoms with van der Waals surface area (Å²) in [5, 5.41) is 8.89. The lowest BCUT2D eigenvalue weighted by molar-refractivity contribution is -0.123. The van der Waals surface area contributed by atoms with Crippen LogP contribution in [0, 0.1) is 12.7 Å². The van der Waals surface area contributed by atoms with Crippen molar-refractivity contribution in [1.82, 2.24) is 4.90 Å². The number of amides is 2. The average molecular weight is 472 g/mol. The highest BCUT2D eigenvalue weighted by Crippen LogP contribution is 2.36. The van der Waals surface area contributed by atoms with E-state index >= 15 is 0 Å². The number of hydrogen-bond donors (Lipinski definition) is 1. The van der Waals surface area contributed by atoms with Crippen molar-refractivity contribution >= 4 is 46.6 Å². The summed E-state index contributed by atoms with van der Waals surface area (Å²) in [7, 11) is 0. The summed E-state index contributed by atoms with van der Waals surface area (Å²) in [6.07, 6.45) is 1.42. The summed E-state index contributed by atoms with van der Waals surface area (Å²) >= 11 is 6.73. The number of benzene rings is 2. The van der Waals surface area contributed by atoms with Gasteiger partial charge in [0, 0.05) is 22.2 Å². The SMILES string of the molecule is Cc1c(C(=O)O)cccc1-c1ccc(C=C2SC(=O)N(Cc3c(F)cccc3Cl)C2=O)o1. The highest BCUT2D eigenvalue weighted by molar-refractivity contribution is 8.18. The van der Waals surface area contributed by atoms with Crippen molar-refractivity contribution in [2.24, 2.45) is 0 Å². The van der Waals surface area contributed by atoms with E-state index in [1.807, 2.05) is 0 Å². The smallest absolute Gasteiger partial charge is 0.335 e. The van der Waals surface area contributed by atoms with Gasteiger partial charge in [-0.15, -0.1) is 0 Å². The van der Waals surface area contributed by atoms with Crippen LogP contribution in [0.25, 0.3) is 17.4 Å². The van der Waals surface area contributed by atoms with Crippen LogP contribution in [0.2, 0.25) is 5.02 Å². The van der Waals surface area contributed by atoms with Gasteiger partial charge in [0.2, 0.25) is 0 Å². The van der Waals surface area contributed by atoms with E-state index in [2.05, 4.69) is 0 Å². The molecule has 1 aliphatic rings. The second-order valence-electron chi connectivity index (χ2n) is 6.95. The molecule has 6 nitrogen and oxygen atoms in total. The lowest BCUT2D eigenvalue weighted by atomic mass is 10.0. The van der Waals surface area contributed by atoms with E-state index in [1.165, 1.54) is 30.3 Å². The zero-order valence-electron chi connectivity index (χ0n) is 16.6. The van der Waals surface area contributed by atoms with Crippen LogP contribution in [0.1, 0.15) is 27.2 Å². The predicted molar refractivity (Wildman–Crippen MR) is 119 cm³/mol. The lowest BCUT2D eigenvalue weighted by Crippen LogP contribution is -2.28. The molecule has 1 aliphatic heterocycles. The van der Waals surface area contributed by atoms with Gasteiger partial charge in [-0.2, -0.15) is 0 Å². The van der Waals surface area contributed by atoms with Crippen molar-refractivity contribution in [3.63, 3.8) is 0 Å². The number of carboxylic acid groups (broad SMARTS) is 1. The maximum Gasteiger partial charge on any atom is 0.335 e. The predicted octanol–water partition coefficient (Wildman–Crippen LogP) is 5.98. The Morgan fingerprint density at radius 1 is 1.19 bits per heavy atom. The zero-order chi connectivity index (χ0) is 23.0. The van der Waals surface area contributed by atoms with Crippen LogP contribution in [-0.4, -0.2) is 27.1 Å². The normalized spacial score (nSPS) is 15.1. The van der Waals surface area contributed by atoms with Crippen LogP contribution in [0.4, 0.5) is 9.18 Å². The Bertz CT molecular complexity index is 1280. The van der Waals surface area contributed by atoms with Crippen LogP contribution in [0.5, 0.6) is 0 Å². The number of carbonyl (C=O) groups excluding carboxylic acids is 2. The van der Waals surface area contributed by atoms with Crippen molar-refractivity contribution in [2.75, 3.05) is 0 Å². The van der Waals surface area contributed by atoms with Gasteiger partial charge in [0.05, 0.1) is 17.0 Å². The van der Waals surface area contributed by atoms with Gasteiger partial charge >= 0.3 is 5.97 Å². The number of imide groups is 1. The van der Waals surface area contributed by atoms with E-state index < -0.39 is 22.9 Å². The van der Waals surface area contributed by atoms with Crippen LogP contribution in [0.15, 0.2) is 57.9 Å². The number of aromatic carboxylic acids is 1. The Balaban J connectivity index is 1.59. The molecule has 1 fully saturated rings. The lowest BCUT2D eigenvalue weighted by Gasteiger charge is -2.14. The van der Waals surface area contributed by atoms with Gasteiger partial charge in [-0.3, -0.25) is 14.5 Å². The first-order chi connectivity index (χ1) is 15.3. The fourth-order valence-electron chi connectivity index (χ4n) is 3.32. The third kappa shape index (κ3) is 4.06. The minimum Gasteiger partial charge on any atom is -0.478 e. The number of halogens is 2. The number of rotatable bonds is 5. The van der Waals surface area contributed by atoms with Crippen LogP contribution in [0.3, 0.4) is 0 Å². The summed E-state index contributed by atoms with van der Waals surface area (Å²) in [5.41, 5.74) is 1.37. The molecule has 0 saturated carbocycles. The highest BCUT2D eigenvalue weighted by atomic mass is 35.5. The molecule has 162 valence electrons. The van der Waals surface area contributed by atoms with E-state index in [-0.39, 0.29) is 27.6 Å². The second-order valence-corrected chi connectivity index (χ2v) is 8.35. The molecular weight excluding hydrogens is 457 g/mol. The molecule has 0 aliphatic carbocycles. The van der Waals surface area contributed by atoms with Crippen LogP contribution >= 0.6 is 23.4 Å². The molecule has 0 spiro atoms. The van der Waals surface area contributed by atoms with E-state index in [4.69, 9.17) is 16.0 Å². The van der Waals surface area contributed by atoms with Gasteiger partial charge < -0.3 is 9.52 Å². The molecule has 4 rings (SSSR count). The maximum atomic E-state index is 14.1. The number of thioether (sulfide) groups is 1. The van der Waals surface area contributed by atoms with E-state index in [0.29, 0.717) is 22.6 Å². The topological polar surface area (TPSA) is 87.8 Å². The maximum absolute atomic E-state index is 14.1. The largest absolute Gasteiger partial charge is 0.478 e. The van der Waals surface area contributed by atoms with E-state index in [9.17, 15) is 23.9 Å². The molecule has 1 aromatic heterocycles. The summed E-state index contributed by atoms with van der Waals surface area (Å²) in [6, 6.07) is 12.3. The van der Waals surface area contributed by atoms with Gasteiger partial charge in [-0.05, 0) is 54.6 Å². The first-order valence-electron chi connectivity index (χ1n) is 9.37. The summed E-state index contributed by atoms with van der Waals surface area (Å²) in [5.74, 6) is -1.49. The monoisotopic (exact) mass is 471 g/mol. The fourth-order valence-corrected chi connectivity index (χ4v) is 4.36. The minimum absolute atomic E-state index is 0.0618. The minimum atomic E-state index is -1.04. The van der Waals surface area contributed by atoms with Gasteiger partial charge in [0.25, 0.3) is 11.1 Å². The number of furan rings is 1. The van der Waals surface area contributed by atoms with Gasteiger partial charge in [-0.25, -0.2) is 9.18 Å². The molecule has 0 atom stereocenters. The van der Waals surface area contributed by atoms with Crippen molar-refractivity contribution in [3.8, 4) is 11.3 Å². The molecule has 1 N–H and O–H groups in total. The Kier molecular flexibility index (Phi) is 5.90. The van der Waals surface area contributed by atoms with Crippen molar-refractivity contribution in [3.05, 3.63) is 86.7 Å². The van der Waals surface area contributed by atoms with Crippen LogP contribution in [-0.2, 0) is 11.3 Å². The molecule has 1 saturated heterocycles. The molecule has 2 amide bonds. The molecular formula is C23H15ClFNO5S. The van der Waals surface area contributed by atoms with E-state index in [1.54, 1.807) is 31.2 Å². The molecule has 2 aromatic carbocycles. The molecule has 9 heteroatoms. The van der Waals surface area contributed by atoms with Gasteiger partial charge in [0.15, 0.2) is 0 Å². The standard InChI is InChI=1S/C23H15ClFNO5S/c1-12-14(4-2-5-15(12)22(28)29)19-9-8-13(31-19)10-20-21(27)26(23(30)32-20)11-16-17(24)6-3-7-18(16)25/h2-10H,11H2,1H3,(H,28,29). The average Bonchev–Trinajstić information content (AvgIpc) is 3.30. The number of carbonyl (C=O) groups is 3. The Hall–Kier alpha value is -3.36. The molecule has 0 unspecified atom stereocenters. The number of nitrogens with zero attached hydrogens (tertiary/aromatic N) is 1. The van der Waals surface area contributed by atoms with Gasteiger partial charge in [-0.1, -0.05) is 29.8 Å². The molecule has 3 aromatic rings. The van der Waals surface area contributed by atoms with E-state index in [0.717, 1.165) is 16.7 Å². The molecule has 0 radical (unpaired) electrons. The Morgan fingerprint density at radius 3 is 2.66 bits per heavy atom. The molecule has 2 heterocycles. The van der Waals surface area contributed by atoms with Crippen molar-refractivity contribution in [1.29, 1.82) is 0 Å². The third-order valence-corrected chi connectivity index (χ3v) is 6.24. The number of hydrogen-bond acceptors (Lipinski definition) is 5. The first-order valence-corrected chi connectivity index (χ1v) is 10.6. The zero-order valence-corrected chi connectivity index (χ0v) is 18.2. The Labute approximate surface area is 191 Å². The summed E-state index contributed by atoms with van der Waals surface area (Å²) in [6.45, 7) is 1.40.